The Hall–Kier alpha value is -0.120. The normalized spacial score (nSPS) is 13.6. The lowest BCUT2D eigenvalue weighted by atomic mass is 10.0. The van der Waals surface area contributed by atoms with Crippen LogP contribution in [0.4, 0.5) is 0 Å². The minimum Gasteiger partial charge on any atom is -0.396 e. The van der Waals surface area contributed by atoms with Gasteiger partial charge in [-0.15, -0.1) is 0 Å². The summed E-state index contributed by atoms with van der Waals surface area (Å²) in [6, 6.07) is 0.432. The predicted octanol–water partition coefficient (Wildman–Crippen LogP) is 1.02. The highest BCUT2D eigenvalue weighted by atomic mass is 16.5. The van der Waals surface area contributed by atoms with E-state index in [1.807, 2.05) is 0 Å². The number of hydrogen-bond acceptors (Lipinski definition) is 3. The lowest BCUT2D eigenvalue weighted by Gasteiger charge is -2.21. The third-order valence-corrected chi connectivity index (χ3v) is 2.18. The number of nitrogens with one attached hydrogen (secondary N) is 1. The first kappa shape index (κ1) is 12.9. The molecular formula is C10H23NO2. The van der Waals surface area contributed by atoms with Crippen molar-refractivity contribution in [2.24, 2.45) is 5.92 Å². The summed E-state index contributed by atoms with van der Waals surface area (Å²) in [5.74, 6) is 0.578. The van der Waals surface area contributed by atoms with Crippen molar-refractivity contribution in [2.45, 2.75) is 32.7 Å². The third-order valence-electron chi connectivity index (χ3n) is 2.18. The van der Waals surface area contributed by atoms with Crippen molar-refractivity contribution < 1.29 is 9.84 Å². The van der Waals surface area contributed by atoms with Crippen LogP contribution in [0.15, 0.2) is 0 Å². The van der Waals surface area contributed by atoms with Crippen LogP contribution < -0.4 is 5.32 Å². The summed E-state index contributed by atoms with van der Waals surface area (Å²) >= 11 is 0. The van der Waals surface area contributed by atoms with Crippen LogP contribution in [0.3, 0.4) is 0 Å². The van der Waals surface area contributed by atoms with Gasteiger partial charge in [-0.3, -0.25) is 0 Å². The van der Waals surface area contributed by atoms with Gasteiger partial charge in [0.15, 0.2) is 0 Å². The van der Waals surface area contributed by atoms with Crippen LogP contribution in [-0.4, -0.2) is 38.0 Å². The highest BCUT2D eigenvalue weighted by Crippen LogP contribution is 2.05. The second-order valence-corrected chi connectivity index (χ2v) is 3.66. The van der Waals surface area contributed by atoms with Crippen LogP contribution in [0.2, 0.25) is 0 Å². The topological polar surface area (TPSA) is 41.5 Å². The summed E-state index contributed by atoms with van der Waals surface area (Å²) in [6.07, 6.45) is 1.87. The van der Waals surface area contributed by atoms with E-state index < -0.39 is 0 Å². The predicted molar refractivity (Wildman–Crippen MR) is 54.8 cm³/mol. The second-order valence-electron chi connectivity index (χ2n) is 3.66. The maximum Gasteiger partial charge on any atom is 0.0474 e. The number of ether oxygens (including phenoxy) is 1. The molecule has 13 heavy (non-hydrogen) atoms. The SMILES string of the molecule is COCCCNC(CCO)C(C)C. The van der Waals surface area contributed by atoms with Crippen LogP contribution in [0.5, 0.6) is 0 Å². The molecule has 0 radical (unpaired) electrons. The molecule has 0 aromatic carbocycles. The highest BCUT2D eigenvalue weighted by molar-refractivity contribution is 4.69. The maximum atomic E-state index is 8.82. The van der Waals surface area contributed by atoms with Crippen LogP contribution in [-0.2, 0) is 4.74 Å². The molecule has 0 aliphatic heterocycles. The van der Waals surface area contributed by atoms with Crippen molar-refractivity contribution in [3.63, 3.8) is 0 Å². The van der Waals surface area contributed by atoms with E-state index >= 15 is 0 Å². The molecule has 0 fully saturated rings. The van der Waals surface area contributed by atoms with Crippen molar-refractivity contribution in [2.75, 3.05) is 26.9 Å². The van der Waals surface area contributed by atoms with Crippen LogP contribution in [0, 0.1) is 5.92 Å². The van der Waals surface area contributed by atoms with E-state index in [-0.39, 0.29) is 6.61 Å². The Balaban J connectivity index is 3.45. The molecule has 0 bridgehead atoms. The van der Waals surface area contributed by atoms with E-state index in [9.17, 15) is 0 Å². The van der Waals surface area contributed by atoms with E-state index in [2.05, 4.69) is 19.2 Å². The Labute approximate surface area is 81.5 Å². The fraction of sp³-hybridized carbons (Fsp3) is 1.00. The maximum absolute atomic E-state index is 8.82. The Morgan fingerprint density at radius 2 is 2.08 bits per heavy atom. The molecule has 1 unspecified atom stereocenters. The zero-order valence-electron chi connectivity index (χ0n) is 9.05. The highest BCUT2D eigenvalue weighted by Gasteiger charge is 2.10. The van der Waals surface area contributed by atoms with Gasteiger partial charge in [0.1, 0.15) is 0 Å². The molecule has 0 amide bonds. The first-order valence-electron chi connectivity index (χ1n) is 5.05. The van der Waals surface area contributed by atoms with E-state index in [0.29, 0.717) is 12.0 Å². The Kier molecular flexibility index (Phi) is 8.40. The molecule has 2 N–H and O–H groups in total. The molecule has 0 aromatic rings. The van der Waals surface area contributed by atoms with Gasteiger partial charge < -0.3 is 15.2 Å². The molecule has 0 saturated carbocycles. The molecule has 0 aliphatic carbocycles. The van der Waals surface area contributed by atoms with E-state index in [0.717, 1.165) is 26.0 Å². The van der Waals surface area contributed by atoms with Crippen molar-refractivity contribution in [3.05, 3.63) is 0 Å². The molecule has 0 aromatic heterocycles. The van der Waals surface area contributed by atoms with Crippen molar-refractivity contribution >= 4 is 0 Å². The molecule has 0 heterocycles. The first-order chi connectivity index (χ1) is 6.22. The number of aliphatic hydroxyl groups excluding tert-OH is 1. The lowest BCUT2D eigenvalue weighted by Crippen LogP contribution is -2.35. The van der Waals surface area contributed by atoms with E-state index in [1.54, 1.807) is 7.11 Å². The number of methoxy groups -OCH3 is 1. The molecule has 0 rings (SSSR count). The van der Waals surface area contributed by atoms with Crippen molar-refractivity contribution in [1.29, 1.82) is 0 Å². The van der Waals surface area contributed by atoms with Crippen LogP contribution in [0.25, 0.3) is 0 Å². The molecule has 0 spiro atoms. The number of aliphatic hydroxyl groups is 1. The van der Waals surface area contributed by atoms with Crippen LogP contribution in [0.1, 0.15) is 26.7 Å². The Morgan fingerprint density at radius 3 is 2.54 bits per heavy atom. The molecule has 0 aliphatic rings. The lowest BCUT2D eigenvalue weighted by molar-refractivity contribution is 0.189. The summed E-state index contributed by atoms with van der Waals surface area (Å²) in [4.78, 5) is 0. The standard InChI is InChI=1S/C10H23NO2/c1-9(2)10(5-7-12)11-6-4-8-13-3/h9-12H,4-8H2,1-3H3. The minimum atomic E-state index is 0.264. The fourth-order valence-electron chi connectivity index (χ4n) is 1.31. The van der Waals surface area contributed by atoms with Gasteiger partial charge >= 0.3 is 0 Å². The van der Waals surface area contributed by atoms with Crippen molar-refractivity contribution in [1.82, 2.24) is 5.32 Å². The Bertz CT molecular complexity index is 107. The molecule has 3 heteroatoms. The van der Waals surface area contributed by atoms with Crippen molar-refractivity contribution in [3.8, 4) is 0 Å². The molecule has 0 saturated heterocycles. The summed E-state index contributed by atoms with van der Waals surface area (Å²) < 4.78 is 4.95. The van der Waals surface area contributed by atoms with Gasteiger partial charge in [0.25, 0.3) is 0 Å². The summed E-state index contributed by atoms with van der Waals surface area (Å²) in [5.41, 5.74) is 0. The first-order valence-corrected chi connectivity index (χ1v) is 5.05. The summed E-state index contributed by atoms with van der Waals surface area (Å²) in [6.45, 7) is 6.38. The van der Waals surface area contributed by atoms with Gasteiger partial charge in [0.05, 0.1) is 0 Å². The second kappa shape index (κ2) is 8.48. The van der Waals surface area contributed by atoms with Gasteiger partial charge in [0, 0.05) is 26.4 Å². The zero-order valence-corrected chi connectivity index (χ0v) is 9.05. The van der Waals surface area contributed by atoms with Gasteiger partial charge in [0.2, 0.25) is 0 Å². The molecule has 80 valence electrons. The van der Waals surface area contributed by atoms with Gasteiger partial charge in [-0.2, -0.15) is 0 Å². The molecule has 3 nitrogen and oxygen atoms in total. The third kappa shape index (κ3) is 6.99. The van der Waals surface area contributed by atoms with Gasteiger partial charge in [-0.05, 0) is 25.3 Å². The average Bonchev–Trinajstić information content (AvgIpc) is 2.10. The monoisotopic (exact) mass is 189 g/mol. The smallest absolute Gasteiger partial charge is 0.0474 e. The molecular weight excluding hydrogens is 166 g/mol. The van der Waals surface area contributed by atoms with E-state index in [1.165, 1.54) is 0 Å². The van der Waals surface area contributed by atoms with Crippen LogP contribution >= 0.6 is 0 Å². The largest absolute Gasteiger partial charge is 0.396 e. The van der Waals surface area contributed by atoms with Gasteiger partial charge in [-0.1, -0.05) is 13.8 Å². The minimum absolute atomic E-state index is 0.264. The number of hydrogen-bond donors (Lipinski definition) is 2. The average molecular weight is 189 g/mol. The summed E-state index contributed by atoms with van der Waals surface area (Å²) in [7, 11) is 1.72. The summed E-state index contributed by atoms with van der Waals surface area (Å²) in [5, 5.41) is 12.2. The molecule has 1 atom stereocenters. The number of rotatable bonds is 8. The van der Waals surface area contributed by atoms with Gasteiger partial charge in [-0.25, -0.2) is 0 Å². The van der Waals surface area contributed by atoms with E-state index in [4.69, 9.17) is 9.84 Å². The Morgan fingerprint density at radius 1 is 1.38 bits per heavy atom. The zero-order chi connectivity index (χ0) is 10.1. The quantitative estimate of drug-likeness (QED) is 0.560. The fourth-order valence-corrected chi connectivity index (χ4v) is 1.31.